The molecule has 0 amide bonds. The molecule has 20 heavy (non-hydrogen) atoms. The molecule has 106 valence electrons. The number of nitrogens with two attached hydrogens (primary N) is 1. The molecule has 0 saturated carbocycles. The Kier molecular flexibility index (Phi) is 3.94. The van der Waals surface area contributed by atoms with E-state index in [9.17, 15) is 17.6 Å². The molecule has 0 aromatic heterocycles. The zero-order valence-corrected chi connectivity index (χ0v) is 10.2. The highest BCUT2D eigenvalue weighted by atomic mass is 19.4. The van der Waals surface area contributed by atoms with Crippen LogP contribution in [0.3, 0.4) is 0 Å². The van der Waals surface area contributed by atoms with E-state index in [4.69, 9.17) is 5.73 Å². The van der Waals surface area contributed by atoms with Gasteiger partial charge in [-0.1, -0.05) is 18.2 Å². The number of halogens is 4. The molecule has 0 fully saturated rings. The fourth-order valence-corrected chi connectivity index (χ4v) is 1.76. The van der Waals surface area contributed by atoms with Crippen molar-refractivity contribution < 1.29 is 22.3 Å². The second kappa shape index (κ2) is 5.50. The van der Waals surface area contributed by atoms with Crippen LogP contribution in [-0.4, -0.2) is 6.36 Å². The molecule has 2 aromatic rings. The lowest BCUT2D eigenvalue weighted by molar-refractivity contribution is -0.274. The van der Waals surface area contributed by atoms with Crippen molar-refractivity contribution in [2.75, 3.05) is 0 Å². The largest absolute Gasteiger partial charge is 0.573 e. The highest BCUT2D eigenvalue weighted by Crippen LogP contribution is 2.28. The Labute approximate surface area is 112 Å². The Morgan fingerprint density at radius 1 is 1.00 bits per heavy atom. The Bertz CT molecular complexity index is 593. The minimum Gasteiger partial charge on any atom is -0.406 e. The van der Waals surface area contributed by atoms with Gasteiger partial charge in [0.1, 0.15) is 11.6 Å². The highest BCUT2D eigenvalue weighted by Gasteiger charge is 2.30. The first kappa shape index (κ1) is 14.3. The molecule has 0 aliphatic carbocycles. The Morgan fingerprint density at radius 2 is 1.65 bits per heavy atom. The van der Waals surface area contributed by atoms with Gasteiger partial charge in [0.2, 0.25) is 0 Å². The summed E-state index contributed by atoms with van der Waals surface area (Å²) in [4.78, 5) is 0. The van der Waals surface area contributed by atoms with Crippen LogP contribution in [0.4, 0.5) is 17.6 Å². The van der Waals surface area contributed by atoms with Crippen LogP contribution in [0.5, 0.6) is 5.75 Å². The fourth-order valence-electron chi connectivity index (χ4n) is 1.76. The molecule has 2 N–H and O–H groups in total. The van der Waals surface area contributed by atoms with Crippen molar-refractivity contribution in [1.29, 1.82) is 0 Å². The third-order valence-electron chi connectivity index (χ3n) is 2.67. The first-order valence-electron chi connectivity index (χ1n) is 5.74. The molecule has 0 bridgehead atoms. The van der Waals surface area contributed by atoms with E-state index >= 15 is 0 Å². The predicted molar refractivity (Wildman–Crippen MR) is 66.4 cm³/mol. The van der Waals surface area contributed by atoms with Gasteiger partial charge < -0.3 is 10.5 Å². The molecule has 2 nitrogen and oxygen atoms in total. The van der Waals surface area contributed by atoms with Crippen molar-refractivity contribution in [3.8, 4) is 16.9 Å². The minimum absolute atomic E-state index is 0.253. The van der Waals surface area contributed by atoms with Crippen LogP contribution < -0.4 is 10.5 Å². The quantitative estimate of drug-likeness (QED) is 0.869. The molecular formula is C14H11F4NO. The normalized spacial score (nSPS) is 11.4. The van der Waals surface area contributed by atoms with Crippen molar-refractivity contribution in [2.24, 2.45) is 5.73 Å². The summed E-state index contributed by atoms with van der Waals surface area (Å²) in [6.45, 7) is 0.253. The number of ether oxygens (including phenoxy) is 1. The first-order chi connectivity index (χ1) is 9.39. The number of alkyl halides is 3. The number of hydrogen-bond acceptors (Lipinski definition) is 2. The van der Waals surface area contributed by atoms with Crippen molar-refractivity contribution in [1.82, 2.24) is 0 Å². The van der Waals surface area contributed by atoms with Gasteiger partial charge in [-0.3, -0.25) is 0 Å². The van der Waals surface area contributed by atoms with Gasteiger partial charge in [0.15, 0.2) is 0 Å². The zero-order chi connectivity index (χ0) is 14.8. The smallest absolute Gasteiger partial charge is 0.406 e. The van der Waals surface area contributed by atoms with Gasteiger partial charge in [-0.05, 0) is 35.4 Å². The second-order valence-corrected chi connectivity index (χ2v) is 4.09. The van der Waals surface area contributed by atoms with E-state index < -0.39 is 12.2 Å². The first-order valence-corrected chi connectivity index (χ1v) is 5.74. The van der Waals surface area contributed by atoms with Gasteiger partial charge in [0.05, 0.1) is 0 Å². The summed E-state index contributed by atoms with van der Waals surface area (Å²) in [5.41, 5.74) is 6.94. The topological polar surface area (TPSA) is 35.2 Å². The molecule has 0 atom stereocenters. The third-order valence-corrected chi connectivity index (χ3v) is 2.67. The summed E-state index contributed by atoms with van der Waals surface area (Å²) in [6, 6.07) is 9.39. The Hall–Kier alpha value is -2.08. The fraction of sp³-hybridized carbons (Fsp3) is 0.143. The Balaban J connectivity index is 2.30. The van der Waals surface area contributed by atoms with Gasteiger partial charge in [-0.2, -0.15) is 0 Å². The molecular weight excluding hydrogens is 274 g/mol. The van der Waals surface area contributed by atoms with Crippen molar-refractivity contribution in [3.05, 3.63) is 53.8 Å². The molecule has 2 aromatic carbocycles. The summed E-state index contributed by atoms with van der Waals surface area (Å²) >= 11 is 0. The Morgan fingerprint density at radius 3 is 2.20 bits per heavy atom. The van der Waals surface area contributed by atoms with E-state index in [-0.39, 0.29) is 17.9 Å². The maximum atomic E-state index is 13.7. The summed E-state index contributed by atoms with van der Waals surface area (Å²) in [6.07, 6.45) is -4.74. The van der Waals surface area contributed by atoms with E-state index in [1.54, 1.807) is 12.1 Å². The van der Waals surface area contributed by atoms with E-state index in [1.807, 2.05) is 0 Å². The van der Waals surface area contributed by atoms with Crippen LogP contribution in [-0.2, 0) is 6.54 Å². The molecule has 0 radical (unpaired) electrons. The lowest BCUT2D eigenvalue weighted by atomic mass is 10.0. The molecule has 0 aliphatic rings. The maximum absolute atomic E-state index is 13.7. The van der Waals surface area contributed by atoms with Crippen molar-refractivity contribution in [2.45, 2.75) is 12.9 Å². The molecule has 0 saturated heterocycles. The molecule has 0 spiro atoms. The van der Waals surface area contributed by atoms with Gasteiger partial charge in [0.25, 0.3) is 0 Å². The van der Waals surface area contributed by atoms with E-state index in [2.05, 4.69) is 4.74 Å². The molecule has 0 aliphatic heterocycles. The predicted octanol–water partition coefficient (Wildman–Crippen LogP) is 3.85. The third kappa shape index (κ3) is 3.48. The average molecular weight is 285 g/mol. The second-order valence-electron chi connectivity index (χ2n) is 4.09. The molecule has 0 unspecified atom stereocenters. The summed E-state index contributed by atoms with van der Waals surface area (Å²) in [7, 11) is 0. The lowest BCUT2D eigenvalue weighted by Gasteiger charge is -2.10. The van der Waals surface area contributed by atoms with Gasteiger partial charge in [-0.15, -0.1) is 13.2 Å². The van der Waals surface area contributed by atoms with Crippen LogP contribution in [0.15, 0.2) is 42.5 Å². The van der Waals surface area contributed by atoms with Crippen LogP contribution in [0, 0.1) is 5.82 Å². The zero-order valence-electron chi connectivity index (χ0n) is 10.2. The highest BCUT2D eigenvalue weighted by molar-refractivity contribution is 5.65. The van der Waals surface area contributed by atoms with Crippen LogP contribution in [0.2, 0.25) is 0 Å². The minimum atomic E-state index is -4.74. The van der Waals surface area contributed by atoms with Gasteiger partial charge >= 0.3 is 6.36 Å². The van der Waals surface area contributed by atoms with Gasteiger partial charge in [-0.25, -0.2) is 4.39 Å². The lowest BCUT2D eigenvalue weighted by Crippen LogP contribution is -2.16. The summed E-state index contributed by atoms with van der Waals surface area (Å²) in [5, 5.41) is 0. The number of benzene rings is 2. The SMILES string of the molecule is NCc1ccc(F)c(-c2ccc(OC(F)(F)F)cc2)c1. The number of hydrogen-bond donors (Lipinski definition) is 1. The van der Waals surface area contributed by atoms with Crippen molar-refractivity contribution in [3.63, 3.8) is 0 Å². The standard InChI is InChI=1S/C14H11F4NO/c15-13-6-1-9(8-19)7-12(13)10-2-4-11(5-3-10)20-14(16,17)18/h1-7H,8,19H2. The van der Waals surface area contributed by atoms with E-state index in [0.717, 1.165) is 17.7 Å². The summed E-state index contributed by atoms with van der Waals surface area (Å²) < 4.78 is 53.6. The average Bonchev–Trinajstić information content (AvgIpc) is 2.39. The van der Waals surface area contributed by atoms with Gasteiger partial charge in [0, 0.05) is 12.1 Å². The molecule has 6 heteroatoms. The van der Waals surface area contributed by atoms with Crippen LogP contribution in [0.1, 0.15) is 5.56 Å². The summed E-state index contributed by atoms with van der Waals surface area (Å²) in [5.74, 6) is -0.816. The number of rotatable bonds is 3. The van der Waals surface area contributed by atoms with E-state index in [1.165, 1.54) is 18.2 Å². The van der Waals surface area contributed by atoms with Crippen LogP contribution >= 0.6 is 0 Å². The van der Waals surface area contributed by atoms with Crippen LogP contribution in [0.25, 0.3) is 11.1 Å². The van der Waals surface area contributed by atoms with Crippen molar-refractivity contribution >= 4 is 0 Å². The molecule has 0 heterocycles. The maximum Gasteiger partial charge on any atom is 0.573 e. The molecule has 2 rings (SSSR count). The van der Waals surface area contributed by atoms with E-state index in [0.29, 0.717) is 5.56 Å². The monoisotopic (exact) mass is 285 g/mol.